The van der Waals surface area contributed by atoms with Crippen LogP contribution in [0.3, 0.4) is 0 Å². The van der Waals surface area contributed by atoms with Crippen molar-refractivity contribution in [3.63, 3.8) is 0 Å². The van der Waals surface area contributed by atoms with E-state index in [-0.39, 0.29) is 11.9 Å². The first-order chi connectivity index (χ1) is 8.26. The maximum atomic E-state index is 12.2. The van der Waals surface area contributed by atoms with E-state index in [1.165, 1.54) is 4.90 Å². The van der Waals surface area contributed by atoms with Gasteiger partial charge in [-0.15, -0.1) is 11.8 Å². The van der Waals surface area contributed by atoms with E-state index in [0.717, 1.165) is 25.1 Å². The van der Waals surface area contributed by atoms with E-state index < -0.39 is 0 Å². The van der Waals surface area contributed by atoms with Crippen LogP contribution < -0.4 is 10.2 Å². The van der Waals surface area contributed by atoms with Crippen LogP contribution in [0.1, 0.15) is 12.8 Å². The number of nitrogens with zero attached hydrogens (tertiary/aromatic N) is 1. The zero-order valence-corrected chi connectivity index (χ0v) is 11.1. The Morgan fingerprint density at radius 1 is 1.47 bits per heavy atom. The highest BCUT2D eigenvalue weighted by Crippen LogP contribution is 2.25. The summed E-state index contributed by atoms with van der Waals surface area (Å²) in [7, 11) is 1.85. The minimum Gasteiger partial charge on any atom is -0.311 e. The first-order valence-corrected chi connectivity index (χ1v) is 7.11. The van der Waals surface area contributed by atoms with Crippen molar-refractivity contribution in [2.45, 2.75) is 23.8 Å². The van der Waals surface area contributed by atoms with Crippen LogP contribution in [0, 0.1) is 0 Å². The van der Waals surface area contributed by atoms with Gasteiger partial charge < -0.3 is 10.2 Å². The van der Waals surface area contributed by atoms with Crippen molar-refractivity contribution in [3.8, 4) is 0 Å². The SMILES string of the molecule is CNC1CCCN(c2cccc(SC)c2)C1=O. The highest BCUT2D eigenvalue weighted by molar-refractivity contribution is 7.98. The van der Waals surface area contributed by atoms with Gasteiger partial charge in [0.1, 0.15) is 0 Å². The molecular weight excluding hydrogens is 232 g/mol. The van der Waals surface area contributed by atoms with Gasteiger partial charge in [-0.25, -0.2) is 0 Å². The summed E-state index contributed by atoms with van der Waals surface area (Å²) in [4.78, 5) is 15.3. The molecular formula is C13H18N2OS. The molecule has 1 N–H and O–H groups in total. The van der Waals surface area contributed by atoms with Gasteiger partial charge in [0, 0.05) is 17.1 Å². The molecule has 1 aromatic carbocycles. The second kappa shape index (κ2) is 5.56. The molecule has 0 spiro atoms. The number of piperidine rings is 1. The molecule has 0 aliphatic carbocycles. The highest BCUT2D eigenvalue weighted by atomic mass is 32.2. The summed E-state index contributed by atoms with van der Waals surface area (Å²) < 4.78 is 0. The molecule has 0 saturated carbocycles. The van der Waals surface area contributed by atoms with E-state index in [4.69, 9.17) is 0 Å². The van der Waals surface area contributed by atoms with Gasteiger partial charge >= 0.3 is 0 Å². The first-order valence-electron chi connectivity index (χ1n) is 5.89. The average molecular weight is 250 g/mol. The number of hydrogen-bond acceptors (Lipinski definition) is 3. The van der Waals surface area contributed by atoms with Crippen LogP contribution in [-0.4, -0.2) is 31.8 Å². The Bertz CT molecular complexity index is 408. The van der Waals surface area contributed by atoms with Crippen LogP contribution in [0.15, 0.2) is 29.2 Å². The molecule has 1 amide bonds. The van der Waals surface area contributed by atoms with Crippen LogP contribution in [0.25, 0.3) is 0 Å². The molecule has 1 aromatic rings. The van der Waals surface area contributed by atoms with E-state index in [1.54, 1.807) is 11.8 Å². The van der Waals surface area contributed by atoms with Crippen molar-refractivity contribution in [3.05, 3.63) is 24.3 Å². The maximum Gasteiger partial charge on any atom is 0.244 e. The lowest BCUT2D eigenvalue weighted by molar-refractivity contribution is -0.121. The molecule has 1 fully saturated rings. The number of likely N-dealkylation sites (N-methyl/N-ethyl adjacent to an activating group) is 1. The maximum absolute atomic E-state index is 12.2. The van der Waals surface area contributed by atoms with Crippen molar-refractivity contribution in [2.24, 2.45) is 0 Å². The number of anilines is 1. The van der Waals surface area contributed by atoms with E-state index in [9.17, 15) is 4.79 Å². The molecule has 0 aromatic heterocycles. The van der Waals surface area contributed by atoms with Crippen LogP contribution in [0.5, 0.6) is 0 Å². The second-order valence-corrected chi connectivity index (χ2v) is 5.05. The fraction of sp³-hybridized carbons (Fsp3) is 0.462. The predicted octanol–water partition coefficient (Wildman–Crippen LogP) is 2.12. The first kappa shape index (κ1) is 12.5. The van der Waals surface area contributed by atoms with E-state index in [0.29, 0.717) is 0 Å². The minimum absolute atomic E-state index is 0.0262. The van der Waals surface area contributed by atoms with Gasteiger partial charge in [-0.1, -0.05) is 6.07 Å². The minimum atomic E-state index is -0.0262. The third-order valence-electron chi connectivity index (χ3n) is 3.15. The Balaban J connectivity index is 2.23. The van der Waals surface area contributed by atoms with Gasteiger partial charge in [-0.2, -0.15) is 0 Å². The molecule has 92 valence electrons. The predicted molar refractivity (Wildman–Crippen MR) is 72.7 cm³/mol. The number of benzene rings is 1. The third-order valence-corrected chi connectivity index (χ3v) is 3.88. The monoisotopic (exact) mass is 250 g/mol. The zero-order chi connectivity index (χ0) is 12.3. The summed E-state index contributed by atoms with van der Waals surface area (Å²) >= 11 is 1.70. The molecule has 1 saturated heterocycles. The number of rotatable bonds is 3. The van der Waals surface area contributed by atoms with E-state index in [1.807, 2.05) is 30.3 Å². The molecule has 0 bridgehead atoms. The smallest absolute Gasteiger partial charge is 0.244 e. The Morgan fingerprint density at radius 2 is 2.29 bits per heavy atom. The number of amides is 1. The second-order valence-electron chi connectivity index (χ2n) is 4.17. The topological polar surface area (TPSA) is 32.3 Å². The van der Waals surface area contributed by atoms with E-state index >= 15 is 0 Å². The lowest BCUT2D eigenvalue weighted by Gasteiger charge is -2.32. The summed E-state index contributed by atoms with van der Waals surface area (Å²) in [5, 5.41) is 3.09. The molecule has 0 radical (unpaired) electrons. The summed E-state index contributed by atoms with van der Waals surface area (Å²) in [5.41, 5.74) is 1.02. The number of nitrogens with one attached hydrogen (secondary N) is 1. The summed E-state index contributed by atoms with van der Waals surface area (Å²) in [6.45, 7) is 0.828. The van der Waals surface area contributed by atoms with Crippen LogP contribution in [-0.2, 0) is 4.79 Å². The Labute approximate surface area is 107 Å². The molecule has 1 unspecified atom stereocenters. The molecule has 1 atom stereocenters. The van der Waals surface area contributed by atoms with Gasteiger partial charge in [0.15, 0.2) is 0 Å². The summed E-state index contributed by atoms with van der Waals surface area (Å²) in [5.74, 6) is 0.192. The van der Waals surface area contributed by atoms with Crippen LogP contribution in [0.4, 0.5) is 5.69 Å². The lowest BCUT2D eigenvalue weighted by Crippen LogP contribution is -2.49. The molecule has 3 nitrogen and oxygen atoms in total. The average Bonchev–Trinajstić information content (AvgIpc) is 2.39. The number of hydrogen-bond donors (Lipinski definition) is 1. The van der Waals surface area contributed by atoms with Crippen molar-refractivity contribution in [1.82, 2.24) is 5.32 Å². The third kappa shape index (κ3) is 2.64. The Kier molecular flexibility index (Phi) is 4.07. The van der Waals surface area contributed by atoms with Gasteiger partial charge in [-0.05, 0) is 44.3 Å². The van der Waals surface area contributed by atoms with Gasteiger partial charge in [0.2, 0.25) is 5.91 Å². The van der Waals surface area contributed by atoms with Crippen molar-refractivity contribution in [2.75, 3.05) is 24.7 Å². The highest BCUT2D eigenvalue weighted by Gasteiger charge is 2.28. The molecule has 2 rings (SSSR count). The summed E-state index contributed by atoms with van der Waals surface area (Å²) in [6.07, 6.45) is 4.04. The number of carbonyl (C=O) groups is 1. The standard InChI is InChI=1S/C13H18N2OS/c1-14-12-7-4-8-15(13(12)16)10-5-3-6-11(9-10)17-2/h3,5-6,9,12,14H,4,7-8H2,1-2H3. The quantitative estimate of drug-likeness (QED) is 0.834. The van der Waals surface area contributed by atoms with E-state index in [2.05, 4.69) is 17.4 Å². The number of thioether (sulfide) groups is 1. The van der Waals surface area contributed by atoms with Crippen molar-refractivity contribution >= 4 is 23.4 Å². The molecule has 1 heterocycles. The van der Waals surface area contributed by atoms with Crippen molar-refractivity contribution in [1.29, 1.82) is 0 Å². The Morgan fingerprint density at radius 3 is 3.00 bits per heavy atom. The van der Waals surface area contributed by atoms with Crippen LogP contribution >= 0.6 is 11.8 Å². The molecule has 17 heavy (non-hydrogen) atoms. The van der Waals surface area contributed by atoms with Crippen LogP contribution in [0.2, 0.25) is 0 Å². The molecule has 4 heteroatoms. The van der Waals surface area contributed by atoms with Gasteiger partial charge in [0.25, 0.3) is 0 Å². The zero-order valence-electron chi connectivity index (χ0n) is 10.3. The fourth-order valence-electron chi connectivity index (χ4n) is 2.18. The summed E-state index contributed by atoms with van der Waals surface area (Å²) in [6, 6.07) is 8.15. The molecule has 1 aliphatic rings. The molecule has 1 aliphatic heterocycles. The fourth-order valence-corrected chi connectivity index (χ4v) is 2.63. The lowest BCUT2D eigenvalue weighted by atomic mass is 10.0. The largest absolute Gasteiger partial charge is 0.311 e. The van der Waals surface area contributed by atoms with Crippen molar-refractivity contribution < 1.29 is 4.79 Å². The number of carbonyl (C=O) groups excluding carboxylic acids is 1. The van der Waals surface area contributed by atoms with Gasteiger partial charge in [-0.3, -0.25) is 4.79 Å². The normalized spacial score (nSPS) is 20.7. The Hall–Kier alpha value is -1.00. The van der Waals surface area contributed by atoms with Gasteiger partial charge in [0.05, 0.1) is 6.04 Å².